The predicted molar refractivity (Wildman–Crippen MR) is 52.5 cm³/mol. The van der Waals surface area contributed by atoms with E-state index in [-0.39, 0.29) is 5.92 Å². The summed E-state index contributed by atoms with van der Waals surface area (Å²) in [6.45, 7) is 6.33. The summed E-state index contributed by atoms with van der Waals surface area (Å²) >= 11 is 0. The number of aliphatic carboxylic acids is 1. The average molecular weight is 184 g/mol. The lowest BCUT2D eigenvalue weighted by molar-refractivity contribution is -0.143. The van der Waals surface area contributed by atoms with Crippen molar-refractivity contribution < 1.29 is 9.90 Å². The molecule has 1 N–H and O–H groups in total. The van der Waals surface area contributed by atoms with Crippen LogP contribution in [-0.4, -0.2) is 11.1 Å². The molecule has 1 aliphatic carbocycles. The Hall–Kier alpha value is -0.530. The monoisotopic (exact) mass is 184 g/mol. The van der Waals surface area contributed by atoms with Gasteiger partial charge in [-0.25, -0.2) is 0 Å². The molecule has 1 rings (SSSR count). The molecule has 0 radical (unpaired) electrons. The van der Waals surface area contributed by atoms with Gasteiger partial charge in [-0.1, -0.05) is 27.2 Å². The fourth-order valence-electron chi connectivity index (χ4n) is 2.39. The molecule has 0 saturated heterocycles. The van der Waals surface area contributed by atoms with Gasteiger partial charge in [0.05, 0.1) is 5.92 Å². The van der Waals surface area contributed by atoms with E-state index in [1.807, 2.05) is 6.92 Å². The van der Waals surface area contributed by atoms with E-state index in [0.717, 1.165) is 12.8 Å². The van der Waals surface area contributed by atoms with Crippen LogP contribution in [0.25, 0.3) is 0 Å². The molecular formula is C11H20O2. The highest BCUT2D eigenvalue weighted by Crippen LogP contribution is 2.41. The van der Waals surface area contributed by atoms with Crippen molar-refractivity contribution in [3.05, 3.63) is 0 Å². The SMILES string of the molecule is C[C@H](C(=O)O)C1CCCC(C)(C)C1. The molecule has 1 saturated carbocycles. The molecule has 1 unspecified atom stereocenters. The molecule has 76 valence electrons. The highest BCUT2D eigenvalue weighted by molar-refractivity contribution is 5.69. The van der Waals surface area contributed by atoms with E-state index in [4.69, 9.17) is 5.11 Å². The summed E-state index contributed by atoms with van der Waals surface area (Å²) in [5, 5.41) is 8.90. The zero-order valence-corrected chi connectivity index (χ0v) is 8.84. The Morgan fingerprint density at radius 2 is 2.15 bits per heavy atom. The molecule has 2 heteroatoms. The molecule has 0 spiro atoms. The second kappa shape index (κ2) is 3.69. The first kappa shape index (κ1) is 10.6. The molecule has 0 heterocycles. The Morgan fingerprint density at radius 3 is 2.62 bits per heavy atom. The van der Waals surface area contributed by atoms with Gasteiger partial charge in [-0.3, -0.25) is 4.79 Å². The van der Waals surface area contributed by atoms with Crippen molar-refractivity contribution in [1.82, 2.24) is 0 Å². The first-order valence-electron chi connectivity index (χ1n) is 5.15. The standard InChI is InChI=1S/C11H20O2/c1-8(10(12)13)9-5-4-6-11(2,3)7-9/h8-9H,4-7H2,1-3H3,(H,12,13)/t8-,9?/m0/s1. The zero-order chi connectivity index (χ0) is 10.1. The Morgan fingerprint density at radius 1 is 1.54 bits per heavy atom. The maximum Gasteiger partial charge on any atom is 0.306 e. The molecular weight excluding hydrogens is 164 g/mol. The molecule has 1 fully saturated rings. The van der Waals surface area contributed by atoms with Crippen molar-refractivity contribution in [2.24, 2.45) is 17.3 Å². The van der Waals surface area contributed by atoms with E-state index in [1.165, 1.54) is 12.8 Å². The minimum atomic E-state index is -0.636. The molecule has 13 heavy (non-hydrogen) atoms. The van der Waals surface area contributed by atoms with Gasteiger partial charge >= 0.3 is 5.97 Å². The van der Waals surface area contributed by atoms with E-state index in [2.05, 4.69) is 13.8 Å². The minimum absolute atomic E-state index is 0.167. The van der Waals surface area contributed by atoms with Crippen LogP contribution in [0, 0.1) is 17.3 Å². The van der Waals surface area contributed by atoms with Gasteiger partial charge in [-0.05, 0) is 30.6 Å². The third kappa shape index (κ3) is 2.71. The molecule has 0 aromatic carbocycles. The molecule has 0 aromatic heterocycles. The summed E-state index contributed by atoms with van der Waals surface area (Å²) in [6, 6.07) is 0. The van der Waals surface area contributed by atoms with Crippen molar-refractivity contribution in [2.45, 2.75) is 46.5 Å². The van der Waals surface area contributed by atoms with E-state index in [9.17, 15) is 4.79 Å². The first-order valence-corrected chi connectivity index (χ1v) is 5.15. The summed E-state index contributed by atoms with van der Waals surface area (Å²) in [5.41, 5.74) is 0.354. The molecule has 0 amide bonds. The van der Waals surface area contributed by atoms with Crippen molar-refractivity contribution in [3.63, 3.8) is 0 Å². The Labute approximate surface area is 80.3 Å². The highest BCUT2D eigenvalue weighted by Gasteiger charge is 2.33. The van der Waals surface area contributed by atoms with Crippen LogP contribution < -0.4 is 0 Å². The third-order valence-corrected chi connectivity index (χ3v) is 3.34. The van der Waals surface area contributed by atoms with Crippen molar-refractivity contribution in [1.29, 1.82) is 0 Å². The number of hydrogen-bond acceptors (Lipinski definition) is 1. The number of carboxylic acids is 1. The third-order valence-electron chi connectivity index (χ3n) is 3.34. The number of rotatable bonds is 2. The quantitative estimate of drug-likeness (QED) is 0.716. The Balaban J connectivity index is 2.56. The smallest absolute Gasteiger partial charge is 0.306 e. The number of carbonyl (C=O) groups is 1. The molecule has 0 aromatic rings. The molecule has 2 atom stereocenters. The van der Waals surface area contributed by atoms with E-state index >= 15 is 0 Å². The van der Waals surface area contributed by atoms with Gasteiger partial charge in [0.15, 0.2) is 0 Å². The summed E-state index contributed by atoms with van der Waals surface area (Å²) in [7, 11) is 0. The topological polar surface area (TPSA) is 37.3 Å². The predicted octanol–water partition coefficient (Wildman–Crippen LogP) is 2.92. The largest absolute Gasteiger partial charge is 0.481 e. The van der Waals surface area contributed by atoms with Crippen LogP contribution in [0.3, 0.4) is 0 Å². The summed E-state index contributed by atoms with van der Waals surface area (Å²) in [5.74, 6) is -0.413. The van der Waals surface area contributed by atoms with Crippen LogP contribution >= 0.6 is 0 Å². The second-order valence-electron chi connectivity index (χ2n) is 5.15. The van der Waals surface area contributed by atoms with E-state index in [1.54, 1.807) is 0 Å². The van der Waals surface area contributed by atoms with Gasteiger partial charge < -0.3 is 5.11 Å². The first-order chi connectivity index (χ1) is 5.92. The fraction of sp³-hybridized carbons (Fsp3) is 0.909. The fourth-order valence-corrected chi connectivity index (χ4v) is 2.39. The summed E-state index contributed by atoms with van der Waals surface area (Å²) in [4.78, 5) is 10.8. The minimum Gasteiger partial charge on any atom is -0.481 e. The van der Waals surface area contributed by atoms with Gasteiger partial charge in [0, 0.05) is 0 Å². The summed E-state index contributed by atoms with van der Waals surface area (Å²) < 4.78 is 0. The van der Waals surface area contributed by atoms with Crippen molar-refractivity contribution >= 4 is 5.97 Å². The van der Waals surface area contributed by atoms with Crippen LogP contribution in [-0.2, 0) is 4.79 Å². The van der Waals surface area contributed by atoms with Crippen LogP contribution in [0.4, 0.5) is 0 Å². The van der Waals surface area contributed by atoms with Crippen LogP contribution in [0.5, 0.6) is 0 Å². The highest BCUT2D eigenvalue weighted by atomic mass is 16.4. The van der Waals surface area contributed by atoms with Crippen molar-refractivity contribution in [2.75, 3.05) is 0 Å². The zero-order valence-electron chi connectivity index (χ0n) is 8.84. The lowest BCUT2D eigenvalue weighted by atomic mass is 9.68. The average Bonchev–Trinajstić information content (AvgIpc) is 2.01. The lowest BCUT2D eigenvalue weighted by Crippen LogP contribution is -2.30. The van der Waals surface area contributed by atoms with Gasteiger partial charge in [0.25, 0.3) is 0 Å². The maximum atomic E-state index is 10.8. The molecule has 0 bridgehead atoms. The summed E-state index contributed by atoms with van der Waals surface area (Å²) in [6.07, 6.45) is 4.60. The van der Waals surface area contributed by atoms with Crippen LogP contribution in [0.15, 0.2) is 0 Å². The van der Waals surface area contributed by atoms with Crippen molar-refractivity contribution in [3.8, 4) is 0 Å². The van der Waals surface area contributed by atoms with Gasteiger partial charge in [-0.2, -0.15) is 0 Å². The number of hydrogen-bond donors (Lipinski definition) is 1. The normalized spacial score (nSPS) is 29.6. The molecule has 1 aliphatic rings. The Bertz CT molecular complexity index is 196. The van der Waals surface area contributed by atoms with Gasteiger partial charge in [0.2, 0.25) is 0 Å². The lowest BCUT2D eigenvalue weighted by Gasteiger charge is -2.36. The Kier molecular flexibility index (Phi) is 2.99. The maximum absolute atomic E-state index is 10.8. The molecule has 0 aliphatic heterocycles. The van der Waals surface area contributed by atoms with Crippen LogP contribution in [0.1, 0.15) is 46.5 Å². The second-order valence-corrected chi connectivity index (χ2v) is 5.15. The van der Waals surface area contributed by atoms with E-state index in [0.29, 0.717) is 11.3 Å². The number of carboxylic acid groups (broad SMARTS) is 1. The van der Waals surface area contributed by atoms with Crippen LogP contribution in [0.2, 0.25) is 0 Å². The van der Waals surface area contributed by atoms with Gasteiger partial charge in [-0.15, -0.1) is 0 Å². The van der Waals surface area contributed by atoms with Gasteiger partial charge in [0.1, 0.15) is 0 Å². The molecule has 2 nitrogen and oxygen atoms in total. The van der Waals surface area contributed by atoms with E-state index < -0.39 is 5.97 Å².